The third-order valence-corrected chi connectivity index (χ3v) is 3.43. The molecule has 3 aromatic rings. The highest BCUT2D eigenvalue weighted by Crippen LogP contribution is 2.25. The summed E-state index contributed by atoms with van der Waals surface area (Å²) in [4.78, 5) is 4.29. The van der Waals surface area contributed by atoms with Crippen molar-refractivity contribution in [2.24, 2.45) is 0 Å². The van der Waals surface area contributed by atoms with E-state index in [1.165, 1.54) is 0 Å². The molecule has 0 saturated heterocycles. The predicted octanol–water partition coefficient (Wildman–Crippen LogP) is 4.16. The van der Waals surface area contributed by atoms with Crippen LogP contribution in [0.2, 0.25) is 0 Å². The van der Waals surface area contributed by atoms with Crippen LogP contribution in [0, 0.1) is 22.7 Å². The number of pyridine rings is 1. The van der Waals surface area contributed by atoms with Gasteiger partial charge in [-0.2, -0.15) is 10.5 Å². The molecule has 0 aliphatic rings. The molecule has 1 heterocycles. The Morgan fingerprint density at radius 3 is 1.36 bits per heavy atom. The Morgan fingerprint density at radius 1 is 0.591 bits per heavy atom. The molecule has 102 valence electrons. The lowest BCUT2D eigenvalue weighted by Gasteiger charge is -2.05. The van der Waals surface area contributed by atoms with Gasteiger partial charge < -0.3 is 0 Å². The van der Waals surface area contributed by atoms with E-state index in [2.05, 4.69) is 23.2 Å². The number of rotatable bonds is 2. The Hall–Kier alpha value is -3.43. The van der Waals surface area contributed by atoms with E-state index in [1.54, 1.807) is 36.7 Å². The van der Waals surface area contributed by atoms with Gasteiger partial charge in [0.1, 0.15) is 0 Å². The average molecular weight is 281 g/mol. The van der Waals surface area contributed by atoms with Crippen molar-refractivity contribution in [2.45, 2.75) is 0 Å². The molecule has 0 fully saturated rings. The number of hydrogen-bond donors (Lipinski definition) is 0. The normalized spacial score (nSPS) is 9.73. The molecule has 1 aromatic heterocycles. The van der Waals surface area contributed by atoms with Crippen LogP contribution in [0.1, 0.15) is 11.1 Å². The maximum atomic E-state index is 8.85. The second kappa shape index (κ2) is 5.91. The van der Waals surface area contributed by atoms with Gasteiger partial charge in [-0.25, -0.2) is 0 Å². The number of nitrogens with zero attached hydrogens (tertiary/aromatic N) is 3. The SMILES string of the molecule is N#Cc1ccc(-c2cncc(-c3ccc(C#N)cc3)c2)cc1. The summed E-state index contributed by atoms with van der Waals surface area (Å²) in [5.41, 5.74) is 5.29. The highest BCUT2D eigenvalue weighted by atomic mass is 14.6. The highest BCUT2D eigenvalue weighted by molar-refractivity contribution is 5.72. The minimum Gasteiger partial charge on any atom is -0.263 e. The third-order valence-electron chi connectivity index (χ3n) is 3.43. The van der Waals surface area contributed by atoms with E-state index in [-0.39, 0.29) is 0 Å². The van der Waals surface area contributed by atoms with Gasteiger partial charge in [0, 0.05) is 23.5 Å². The first-order valence-electron chi connectivity index (χ1n) is 6.76. The first-order chi connectivity index (χ1) is 10.8. The molecule has 0 spiro atoms. The molecular formula is C19H11N3. The third kappa shape index (κ3) is 2.70. The van der Waals surface area contributed by atoms with E-state index in [4.69, 9.17) is 10.5 Å². The first kappa shape index (κ1) is 13.5. The van der Waals surface area contributed by atoms with Gasteiger partial charge in [0.25, 0.3) is 0 Å². The molecule has 0 radical (unpaired) electrons. The zero-order valence-corrected chi connectivity index (χ0v) is 11.7. The van der Waals surface area contributed by atoms with Gasteiger partial charge in [0.2, 0.25) is 0 Å². The Morgan fingerprint density at radius 2 is 1.00 bits per heavy atom. The second-order valence-corrected chi connectivity index (χ2v) is 4.84. The van der Waals surface area contributed by atoms with Crippen LogP contribution >= 0.6 is 0 Å². The van der Waals surface area contributed by atoms with E-state index in [0.717, 1.165) is 22.3 Å². The van der Waals surface area contributed by atoms with E-state index in [9.17, 15) is 0 Å². The molecular weight excluding hydrogens is 270 g/mol. The monoisotopic (exact) mass is 281 g/mol. The fraction of sp³-hybridized carbons (Fsp3) is 0. The van der Waals surface area contributed by atoms with Gasteiger partial charge in [0.05, 0.1) is 23.3 Å². The zero-order valence-electron chi connectivity index (χ0n) is 11.7. The van der Waals surface area contributed by atoms with Crippen molar-refractivity contribution in [1.82, 2.24) is 4.98 Å². The first-order valence-corrected chi connectivity index (χ1v) is 6.76. The smallest absolute Gasteiger partial charge is 0.0991 e. The van der Waals surface area contributed by atoms with Gasteiger partial charge in [-0.05, 0) is 41.5 Å². The number of aromatic nitrogens is 1. The molecule has 0 saturated carbocycles. The van der Waals surface area contributed by atoms with Gasteiger partial charge in [0.15, 0.2) is 0 Å². The van der Waals surface area contributed by atoms with E-state index in [1.807, 2.05) is 24.3 Å². The summed E-state index contributed by atoms with van der Waals surface area (Å²) < 4.78 is 0. The fourth-order valence-corrected chi connectivity index (χ4v) is 2.23. The van der Waals surface area contributed by atoms with Gasteiger partial charge in [-0.15, -0.1) is 0 Å². The molecule has 2 aromatic carbocycles. The Balaban J connectivity index is 1.98. The summed E-state index contributed by atoms with van der Waals surface area (Å²) in [6.07, 6.45) is 3.60. The van der Waals surface area contributed by atoms with Crippen molar-refractivity contribution in [3.63, 3.8) is 0 Å². The van der Waals surface area contributed by atoms with Gasteiger partial charge >= 0.3 is 0 Å². The molecule has 0 bridgehead atoms. The molecule has 0 N–H and O–H groups in total. The Labute approximate surface area is 128 Å². The largest absolute Gasteiger partial charge is 0.263 e. The second-order valence-electron chi connectivity index (χ2n) is 4.84. The van der Waals surface area contributed by atoms with Crippen molar-refractivity contribution in [1.29, 1.82) is 10.5 Å². The molecule has 22 heavy (non-hydrogen) atoms. The maximum absolute atomic E-state index is 8.85. The summed E-state index contributed by atoms with van der Waals surface area (Å²) >= 11 is 0. The van der Waals surface area contributed by atoms with Crippen LogP contribution in [0.3, 0.4) is 0 Å². The quantitative estimate of drug-likeness (QED) is 0.708. The van der Waals surface area contributed by atoms with Crippen LogP contribution in [0.5, 0.6) is 0 Å². The van der Waals surface area contributed by atoms with Crippen molar-refractivity contribution < 1.29 is 0 Å². The predicted molar refractivity (Wildman–Crippen MR) is 84.5 cm³/mol. The van der Waals surface area contributed by atoms with Crippen molar-refractivity contribution in [3.8, 4) is 34.4 Å². The Kier molecular flexibility index (Phi) is 3.64. The standard InChI is InChI=1S/C19H11N3/c20-10-14-1-5-16(6-2-14)18-9-19(13-22-12-18)17-7-3-15(11-21)4-8-17/h1-9,12-13H. The number of hydrogen-bond acceptors (Lipinski definition) is 3. The summed E-state index contributed by atoms with van der Waals surface area (Å²) in [5, 5.41) is 17.7. The van der Waals surface area contributed by atoms with Crippen LogP contribution in [-0.4, -0.2) is 4.98 Å². The average Bonchev–Trinajstić information content (AvgIpc) is 2.62. The molecule has 3 nitrogen and oxygen atoms in total. The van der Waals surface area contributed by atoms with Gasteiger partial charge in [-0.3, -0.25) is 4.98 Å². The van der Waals surface area contributed by atoms with Crippen LogP contribution in [0.25, 0.3) is 22.3 Å². The summed E-state index contributed by atoms with van der Waals surface area (Å²) in [6, 6.07) is 21.1. The minimum atomic E-state index is 0.639. The highest BCUT2D eigenvalue weighted by Gasteiger charge is 2.03. The molecule has 0 atom stereocenters. The lowest BCUT2D eigenvalue weighted by atomic mass is 10.0. The number of nitriles is 2. The lowest BCUT2D eigenvalue weighted by molar-refractivity contribution is 1.33. The van der Waals surface area contributed by atoms with Crippen molar-refractivity contribution in [3.05, 3.63) is 78.1 Å². The molecule has 0 unspecified atom stereocenters. The fourth-order valence-electron chi connectivity index (χ4n) is 2.23. The van der Waals surface area contributed by atoms with Crippen LogP contribution in [0.15, 0.2) is 67.0 Å². The summed E-state index contributed by atoms with van der Waals surface area (Å²) in [6.45, 7) is 0. The Bertz CT molecular complexity index is 807. The molecule has 3 heteroatoms. The molecule has 3 rings (SSSR count). The topological polar surface area (TPSA) is 60.5 Å². The number of benzene rings is 2. The summed E-state index contributed by atoms with van der Waals surface area (Å²) in [5.74, 6) is 0. The lowest BCUT2D eigenvalue weighted by Crippen LogP contribution is -1.85. The van der Waals surface area contributed by atoms with Gasteiger partial charge in [-0.1, -0.05) is 24.3 Å². The van der Waals surface area contributed by atoms with E-state index in [0.29, 0.717) is 11.1 Å². The van der Waals surface area contributed by atoms with Crippen molar-refractivity contribution in [2.75, 3.05) is 0 Å². The summed E-state index contributed by atoms with van der Waals surface area (Å²) in [7, 11) is 0. The minimum absolute atomic E-state index is 0.639. The molecule has 0 aliphatic carbocycles. The van der Waals surface area contributed by atoms with Crippen LogP contribution in [-0.2, 0) is 0 Å². The maximum Gasteiger partial charge on any atom is 0.0991 e. The van der Waals surface area contributed by atoms with Crippen LogP contribution in [0.4, 0.5) is 0 Å². The van der Waals surface area contributed by atoms with Crippen molar-refractivity contribution >= 4 is 0 Å². The van der Waals surface area contributed by atoms with E-state index >= 15 is 0 Å². The zero-order chi connectivity index (χ0) is 15.4. The van der Waals surface area contributed by atoms with Crippen LogP contribution < -0.4 is 0 Å². The molecule has 0 aliphatic heterocycles. The molecule has 0 amide bonds. The van der Waals surface area contributed by atoms with E-state index < -0.39 is 0 Å².